The van der Waals surface area contributed by atoms with Crippen molar-refractivity contribution in [3.63, 3.8) is 0 Å². The third kappa shape index (κ3) is 2.16. The van der Waals surface area contributed by atoms with Crippen molar-refractivity contribution in [1.29, 1.82) is 5.26 Å². The van der Waals surface area contributed by atoms with Crippen LogP contribution in [0.25, 0.3) is 0 Å². The van der Waals surface area contributed by atoms with Gasteiger partial charge in [0, 0.05) is 4.88 Å². The van der Waals surface area contributed by atoms with E-state index in [-0.39, 0.29) is 5.82 Å². The van der Waals surface area contributed by atoms with Crippen LogP contribution in [0.1, 0.15) is 40.0 Å². The van der Waals surface area contributed by atoms with Crippen LogP contribution in [0.3, 0.4) is 0 Å². The van der Waals surface area contributed by atoms with Crippen molar-refractivity contribution in [2.75, 3.05) is 5.32 Å². The fourth-order valence-corrected chi connectivity index (χ4v) is 3.73. The number of H-pyrrole nitrogens is 1. The Bertz CT molecular complexity index is 684. The predicted octanol–water partition coefficient (Wildman–Crippen LogP) is 1.51. The van der Waals surface area contributed by atoms with Crippen molar-refractivity contribution in [1.82, 2.24) is 20.6 Å². The molecule has 1 atom stereocenters. The zero-order valence-electron chi connectivity index (χ0n) is 10.8. The lowest BCUT2D eigenvalue weighted by molar-refractivity contribution is 0.101. The van der Waals surface area contributed by atoms with Crippen LogP contribution in [0, 0.1) is 17.2 Å². The van der Waals surface area contributed by atoms with E-state index < -0.39 is 5.91 Å². The van der Waals surface area contributed by atoms with Gasteiger partial charge in [0.2, 0.25) is 0 Å². The molecule has 0 aliphatic heterocycles. The number of aromatic amines is 1. The number of fused-ring (bicyclic) bond motifs is 1. The number of tetrazole rings is 1. The molecule has 2 aromatic rings. The third-order valence-electron chi connectivity index (χ3n) is 3.40. The van der Waals surface area contributed by atoms with Crippen molar-refractivity contribution in [3.05, 3.63) is 21.8 Å². The monoisotopic (exact) mass is 288 g/mol. The largest absolute Gasteiger partial charge is 0.310 e. The zero-order chi connectivity index (χ0) is 14.1. The lowest BCUT2D eigenvalue weighted by Gasteiger charge is -2.17. The number of nitrogens with one attached hydrogen (secondary N) is 2. The number of rotatable bonds is 2. The van der Waals surface area contributed by atoms with E-state index in [1.807, 2.05) is 0 Å². The minimum atomic E-state index is -0.457. The number of amides is 1. The molecule has 0 spiro atoms. The highest BCUT2D eigenvalue weighted by Crippen LogP contribution is 2.39. The van der Waals surface area contributed by atoms with E-state index in [4.69, 9.17) is 0 Å². The van der Waals surface area contributed by atoms with Crippen LogP contribution < -0.4 is 5.32 Å². The van der Waals surface area contributed by atoms with Gasteiger partial charge in [0.15, 0.2) is 0 Å². The van der Waals surface area contributed by atoms with E-state index >= 15 is 0 Å². The average molecular weight is 288 g/mol. The van der Waals surface area contributed by atoms with Gasteiger partial charge in [-0.1, -0.05) is 6.92 Å². The van der Waals surface area contributed by atoms with Gasteiger partial charge in [-0.15, -0.1) is 21.5 Å². The Morgan fingerprint density at radius 2 is 2.45 bits per heavy atom. The first-order chi connectivity index (χ1) is 9.69. The van der Waals surface area contributed by atoms with Gasteiger partial charge >= 0.3 is 0 Å². The molecule has 20 heavy (non-hydrogen) atoms. The van der Waals surface area contributed by atoms with E-state index in [0.717, 1.165) is 24.8 Å². The van der Waals surface area contributed by atoms with Gasteiger partial charge in [-0.25, -0.2) is 0 Å². The van der Waals surface area contributed by atoms with Crippen LogP contribution in [0.5, 0.6) is 0 Å². The van der Waals surface area contributed by atoms with Crippen molar-refractivity contribution >= 4 is 22.2 Å². The van der Waals surface area contributed by atoms with Crippen LogP contribution >= 0.6 is 11.3 Å². The molecule has 1 aliphatic carbocycles. The van der Waals surface area contributed by atoms with E-state index in [1.165, 1.54) is 16.2 Å². The SMILES string of the molecule is CC1CCc2c(sc(NC(=O)c3nn[nH]n3)c2C#N)C1. The maximum absolute atomic E-state index is 11.9. The van der Waals surface area contributed by atoms with Gasteiger partial charge in [0.05, 0.1) is 5.56 Å². The number of nitrogens with zero attached hydrogens (tertiary/aromatic N) is 4. The fraction of sp³-hybridized carbons (Fsp3) is 0.417. The van der Waals surface area contributed by atoms with Crippen LogP contribution in [-0.4, -0.2) is 26.5 Å². The molecule has 0 saturated heterocycles. The van der Waals surface area contributed by atoms with Crippen molar-refractivity contribution in [2.24, 2.45) is 5.92 Å². The van der Waals surface area contributed by atoms with Gasteiger partial charge < -0.3 is 5.32 Å². The first-order valence-electron chi connectivity index (χ1n) is 6.28. The molecule has 8 heteroatoms. The molecule has 1 amide bonds. The maximum atomic E-state index is 11.9. The summed E-state index contributed by atoms with van der Waals surface area (Å²) >= 11 is 1.48. The molecule has 0 radical (unpaired) electrons. The molecular weight excluding hydrogens is 276 g/mol. The summed E-state index contributed by atoms with van der Waals surface area (Å²) < 4.78 is 0. The van der Waals surface area contributed by atoms with E-state index in [1.54, 1.807) is 0 Å². The lowest BCUT2D eigenvalue weighted by Crippen LogP contribution is -2.14. The Morgan fingerprint density at radius 3 is 3.15 bits per heavy atom. The summed E-state index contributed by atoms with van der Waals surface area (Å²) in [4.78, 5) is 13.1. The van der Waals surface area contributed by atoms with Gasteiger partial charge in [-0.2, -0.15) is 10.5 Å². The van der Waals surface area contributed by atoms with Gasteiger partial charge in [0.1, 0.15) is 11.1 Å². The van der Waals surface area contributed by atoms with Crippen molar-refractivity contribution < 1.29 is 4.79 Å². The third-order valence-corrected chi connectivity index (χ3v) is 4.57. The van der Waals surface area contributed by atoms with E-state index in [2.05, 4.69) is 38.9 Å². The maximum Gasteiger partial charge on any atom is 0.297 e. The summed E-state index contributed by atoms with van der Waals surface area (Å²) in [5, 5.41) is 25.4. The summed E-state index contributed by atoms with van der Waals surface area (Å²) in [6.07, 6.45) is 2.94. The Morgan fingerprint density at radius 1 is 1.60 bits per heavy atom. The zero-order valence-corrected chi connectivity index (χ0v) is 11.6. The quantitative estimate of drug-likeness (QED) is 0.871. The second kappa shape index (κ2) is 5.02. The minimum absolute atomic E-state index is 0.0337. The first kappa shape index (κ1) is 12.7. The highest BCUT2D eigenvalue weighted by molar-refractivity contribution is 7.16. The molecule has 102 valence electrons. The molecule has 0 bridgehead atoms. The summed E-state index contributed by atoms with van der Waals surface area (Å²) in [5.41, 5.74) is 1.66. The second-order valence-corrected chi connectivity index (χ2v) is 5.96. The van der Waals surface area contributed by atoms with Gasteiger partial charge in [0.25, 0.3) is 11.7 Å². The first-order valence-corrected chi connectivity index (χ1v) is 7.10. The number of hydrogen-bond acceptors (Lipinski definition) is 6. The van der Waals surface area contributed by atoms with E-state index in [0.29, 0.717) is 16.5 Å². The number of anilines is 1. The highest BCUT2D eigenvalue weighted by Gasteiger charge is 2.25. The van der Waals surface area contributed by atoms with Crippen LogP contribution in [0.4, 0.5) is 5.00 Å². The standard InChI is InChI=1S/C12H12N6OS/c1-6-2-3-7-8(5-13)12(20-9(7)4-6)14-11(19)10-15-17-18-16-10/h6H,2-4H2,1H3,(H,14,19)(H,15,16,17,18). The molecule has 0 aromatic carbocycles. The summed E-state index contributed by atoms with van der Waals surface area (Å²) in [5.74, 6) is 0.129. The lowest BCUT2D eigenvalue weighted by atomic mass is 9.89. The van der Waals surface area contributed by atoms with Crippen molar-refractivity contribution in [3.8, 4) is 6.07 Å². The molecule has 3 rings (SSSR count). The van der Waals surface area contributed by atoms with Gasteiger partial charge in [-0.05, 0) is 36.0 Å². The Labute approximate surface area is 119 Å². The number of carbonyl (C=O) groups excluding carboxylic acids is 1. The number of carbonyl (C=O) groups is 1. The smallest absolute Gasteiger partial charge is 0.297 e. The summed E-state index contributed by atoms with van der Waals surface area (Å²) in [7, 11) is 0. The summed E-state index contributed by atoms with van der Waals surface area (Å²) in [6.45, 7) is 2.20. The van der Waals surface area contributed by atoms with E-state index in [9.17, 15) is 10.1 Å². The second-order valence-electron chi connectivity index (χ2n) is 4.86. The minimum Gasteiger partial charge on any atom is -0.310 e. The molecule has 1 unspecified atom stereocenters. The van der Waals surface area contributed by atoms with Crippen molar-refractivity contribution in [2.45, 2.75) is 26.2 Å². The van der Waals surface area contributed by atoms with Crippen LogP contribution in [-0.2, 0) is 12.8 Å². The molecule has 2 aromatic heterocycles. The Hall–Kier alpha value is -2.27. The number of hydrogen-bond donors (Lipinski definition) is 2. The van der Waals surface area contributed by atoms with Gasteiger partial charge in [-0.3, -0.25) is 4.79 Å². The molecule has 2 heterocycles. The Kier molecular flexibility index (Phi) is 3.20. The molecule has 7 nitrogen and oxygen atoms in total. The van der Waals surface area contributed by atoms with Crippen LogP contribution in [0.2, 0.25) is 0 Å². The summed E-state index contributed by atoms with van der Waals surface area (Å²) in [6, 6.07) is 2.20. The van der Waals surface area contributed by atoms with Crippen LogP contribution in [0.15, 0.2) is 0 Å². The normalized spacial score (nSPS) is 17.3. The average Bonchev–Trinajstić information content (AvgIpc) is 3.04. The number of thiophene rings is 1. The molecular formula is C12H12N6OS. The molecule has 1 aliphatic rings. The fourth-order valence-electron chi connectivity index (χ4n) is 2.37. The molecule has 0 fully saturated rings. The molecule has 2 N–H and O–H groups in total. The predicted molar refractivity (Wildman–Crippen MR) is 72.4 cm³/mol. The number of nitriles is 1. The molecule has 0 saturated carbocycles. The Balaban J connectivity index is 1.91. The topological polar surface area (TPSA) is 107 Å². The number of aromatic nitrogens is 4. The highest BCUT2D eigenvalue weighted by atomic mass is 32.1.